The van der Waals surface area contributed by atoms with Gasteiger partial charge in [-0.05, 0) is 19.1 Å². The summed E-state index contributed by atoms with van der Waals surface area (Å²) in [6, 6.07) is 6.67. The molecule has 0 spiro atoms. The Kier molecular flexibility index (Phi) is 5.19. The summed E-state index contributed by atoms with van der Waals surface area (Å²) in [6.45, 7) is 1.97. The Labute approximate surface area is 94.0 Å². The van der Waals surface area contributed by atoms with E-state index in [2.05, 4.69) is 10.3 Å². The maximum absolute atomic E-state index is 10.4. The monoisotopic (exact) mass is 228 g/mol. The molecule has 6 heteroatoms. The van der Waals surface area contributed by atoms with Crippen LogP contribution < -0.4 is 16.8 Å². The molecule has 0 aliphatic rings. The molecule has 15 heavy (non-hydrogen) atoms. The number of carbonyl (C=O) groups is 1. The highest BCUT2D eigenvalue weighted by molar-refractivity contribution is 5.95. The number of nitrogens with one attached hydrogen (secondary N) is 1. The molecule has 1 rings (SSSR count). The fourth-order valence-corrected chi connectivity index (χ4v) is 0.913. The Morgan fingerprint density at radius 3 is 2.27 bits per heavy atom. The van der Waals surface area contributed by atoms with Crippen molar-refractivity contribution in [3.05, 3.63) is 29.8 Å². The van der Waals surface area contributed by atoms with Gasteiger partial charge < -0.3 is 11.5 Å². The topological polar surface area (TPSA) is 93.5 Å². The van der Waals surface area contributed by atoms with Crippen molar-refractivity contribution < 1.29 is 4.79 Å². The van der Waals surface area contributed by atoms with Gasteiger partial charge in [-0.2, -0.15) is 0 Å². The van der Waals surface area contributed by atoms with E-state index in [1.807, 2.05) is 19.1 Å². The van der Waals surface area contributed by atoms with E-state index >= 15 is 0 Å². The quantitative estimate of drug-likeness (QED) is 0.495. The second kappa shape index (κ2) is 5.87. The zero-order valence-electron chi connectivity index (χ0n) is 8.23. The van der Waals surface area contributed by atoms with Crippen molar-refractivity contribution in [1.29, 1.82) is 0 Å². The van der Waals surface area contributed by atoms with E-state index in [1.165, 1.54) is 0 Å². The van der Waals surface area contributed by atoms with E-state index in [0.29, 0.717) is 5.69 Å². The molecule has 0 aliphatic heterocycles. The number of primary amides is 1. The van der Waals surface area contributed by atoms with Crippen LogP contribution in [0.4, 0.5) is 10.5 Å². The average Bonchev–Trinajstić information content (AvgIpc) is 2.07. The fourth-order valence-electron chi connectivity index (χ4n) is 0.913. The Balaban J connectivity index is 0.00000196. The van der Waals surface area contributed by atoms with Gasteiger partial charge in [0.25, 0.3) is 0 Å². The smallest absolute Gasteiger partial charge is 0.318 e. The van der Waals surface area contributed by atoms with E-state index in [0.717, 1.165) is 5.56 Å². The third-order valence-electron chi connectivity index (χ3n) is 1.53. The number of halogens is 1. The maximum Gasteiger partial charge on any atom is 0.318 e. The van der Waals surface area contributed by atoms with Gasteiger partial charge in [-0.15, -0.1) is 12.4 Å². The largest absolute Gasteiger partial charge is 0.369 e. The lowest BCUT2D eigenvalue weighted by atomic mass is 10.2. The van der Waals surface area contributed by atoms with Crippen LogP contribution in [0.15, 0.2) is 29.3 Å². The molecule has 5 nitrogen and oxygen atoms in total. The van der Waals surface area contributed by atoms with Gasteiger partial charge in [-0.3, -0.25) is 5.32 Å². The van der Waals surface area contributed by atoms with E-state index < -0.39 is 6.03 Å². The number of carbonyl (C=O) groups excluding carboxylic acids is 1. The van der Waals surface area contributed by atoms with Crippen LogP contribution in [-0.4, -0.2) is 12.0 Å². The van der Waals surface area contributed by atoms with Crippen LogP contribution in [0.25, 0.3) is 0 Å². The molecule has 0 heterocycles. The number of aryl methyl sites for hydroxylation is 1. The lowest BCUT2D eigenvalue weighted by molar-refractivity contribution is 0.253. The summed E-state index contributed by atoms with van der Waals surface area (Å²) in [4.78, 5) is 14.3. The highest BCUT2D eigenvalue weighted by Gasteiger charge is 1.95. The van der Waals surface area contributed by atoms with Crippen molar-refractivity contribution in [1.82, 2.24) is 5.32 Å². The zero-order chi connectivity index (χ0) is 10.6. The van der Waals surface area contributed by atoms with Crippen molar-refractivity contribution >= 4 is 30.1 Å². The Morgan fingerprint density at radius 2 is 1.80 bits per heavy atom. The average molecular weight is 229 g/mol. The standard InChI is InChI=1S/C9H12N4O.ClH/c1-6-2-4-7(5-3-6)12-8(10)13-9(11)14;/h2-5H,1H3,(H5,10,11,12,13,14);1H. The van der Waals surface area contributed by atoms with Gasteiger partial charge in [-0.1, -0.05) is 17.7 Å². The van der Waals surface area contributed by atoms with Gasteiger partial charge in [0, 0.05) is 0 Å². The van der Waals surface area contributed by atoms with E-state index in [1.54, 1.807) is 12.1 Å². The highest BCUT2D eigenvalue weighted by Crippen LogP contribution is 2.11. The number of nitrogens with zero attached hydrogens (tertiary/aromatic N) is 1. The molecule has 82 valence electrons. The second-order valence-corrected chi connectivity index (χ2v) is 2.82. The molecule has 0 radical (unpaired) electrons. The molecule has 0 aliphatic carbocycles. The SMILES string of the molecule is Cc1ccc(N=C(N)NC(N)=O)cc1.Cl. The van der Waals surface area contributed by atoms with Crippen LogP contribution in [-0.2, 0) is 0 Å². The maximum atomic E-state index is 10.4. The Bertz CT molecular complexity index is 361. The van der Waals surface area contributed by atoms with Crippen molar-refractivity contribution in [2.45, 2.75) is 6.92 Å². The molecular weight excluding hydrogens is 216 g/mol. The summed E-state index contributed by atoms with van der Waals surface area (Å²) in [7, 11) is 0. The molecule has 0 saturated carbocycles. The first-order chi connectivity index (χ1) is 6.58. The van der Waals surface area contributed by atoms with Gasteiger partial charge in [0.1, 0.15) is 0 Å². The molecule has 2 amide bonds. The minimum Gasteiger partial charge on any atom is -0.369 e. The number of benzene rings is 1. The second-order valence-electron chi connectivity index (χ2n) is 2.82. The van der Waals surface area contributed by atoms with Crippen LogP contribution in [0, 0.1) is 6.92 Å². The molecule has 0 saturated heterocycles. The molecule has 0 unspecified atom stereocenters. The summed E-state index contributed by atoms with van der Waals surface area (Å²) in [6.07, 6.45) is 0. The van der Waals surface area contributed by atoms with Gasteiger partial charge in [0.05, 0.1) is 5.69 Å². The van der Waals surface area contributed by atoms with Gasteiger partial charge in [0.15, 0.2) is 0 Å². The first kappa shape index (κ1) is 13.2. The molecular formula is C9H13ClN4O. The lowest BCUT2D eigenvalue weighted by Crippen LogP contribution is -2.39. The van der Waals surface area contributed by atoms with Gasteiger partial charge in [-0.25, -0.2) is 9.79 Å². The number of amides is 2. The van der Waals surface area contributed by atoms with E-state index in [9.17, 15) is 4.79 Å². The summed E-state index contributed by atoms with van der Waals surface area (Å²) in [5.41, 5.74) is 12.0. The number of rotatable bonds is 1. The molecule has 0 bridgehead atoms. The van der Waals surface area contributed by atoms with E-state index in [-0.39, 0.29) is 18.4 Å². The third-order valence-corrected chi connectivity index (χ3v) is 1.53. The molecule has 0 aromatic heterocycles. The third kappa shape index (κ3) is 4.87. The molecule has 1 aromatic carbocycles. The molecule has 5 N–H and O–H groups in total. The van der Waals surface area contributed by atoms with Crippen molar-refractivity contribution in [2.24, 2.45) is 16.5 Å². The zero-order valence-corrected chi connectivity index (χ0v) is 9.04. The minimum absolute atomic E-state index is 0. The predicted octanol–water partition coefficient (Wildman–Crippen LogP) is 1.03. The van der Waals surface area contributed by atoms with Crippen LogP contribution in [0.1, 0.15) is 5.56 Å². The Hall–Kier alpha value is -1.75. The summed E-state index contributed by atoms with van der Waals surface area (Å²) in [5.74, 6) is -0.0126. The van der Waals surface area contributed by atoms with Crippen LogP contribution in [0.2, 0.25) is 0 Å². The van der Waals surface area contributed by atoms with Crippen molar-refractivity contribution in [2.75, 3.05) is 0 Å². The molecule has 0 fully saturated rings. The molecule has 0 atom stereocenters. The molecule has 1 aromatic rings. The number of guanidine groups is 1. The number of hydrogen-bond acceptors (Lipinski definition) is 2. The van der Waals surface area contributed by atoms with Crippen LogP contribution >= 0.6 is 12.4 Å². The van der Waals surface area contributed by atoms with Gasteiger partial charge >= 0.3 is 6.03 Å². The predicted molar refractivity (Wildman–Crippen MR) is 62.4 cm³/mol. The number of hydrogen-bond donors (Lipinski definition) is 3. The van der Waals surface area contributed by atoms with Crippen molar-refractivity contribution in [3.63, 3.8) is 0 Å². The fraction of sp³-hybridized carbons (Fsp3) is 0.111. The lowest BCUT2D eigenvalue weighted by Gasteiger charge is -2.00. The first-order valence-electron chi connectivity index (χ1n) is 4.05. The van der Waals surface area contributed by atoms with E-state index in [4.69, 9.17) is 11.5 Å². The number of urea groups is 1. The van der Waals surface area contributed by atoms with Crippen LogP contribution in [0.3, 0.4) is 0 Å². The summed E-state index contributed by atoms with van der Waals surface area (Å²) >= 11 is 0. The minimum atomic E-state index is -0.724. The highest BCUT2D eigenvalue weighted by atomic mass is 35.5. The normalized spacial score (nSPS) is 10.3. The first-order valence-corrected chi connectivity index (χ1v) is 4.05. The summed E-state index contributed by atoms with van der Waals surface area (Å²) in [5, 5.41) is 2.17. The summed E-state index contributed by atoms with van der Waals surface area (Å²) < 4.78 is 0. The number of nitrogens with two attached hydrogens (primary N) is 2. The van der Waals surface area contributed by atoms with Crippen molar-refractivity contribution in [3.8, 4) is 0 Å². The van der Waals surface area contributed by atoms with Gasteiger partial charge in [0.2, 0.25) is 5.96 Å². The Morgan fingerprint density at radius 1 is 1.27 bits per heavy atom. The van der Waals surface area contributed by atoms with Crippen LogP contribution in [0.5, 0.6) is 0 Å². The number of aliphatic imine (C=N–C) groups is 1.